The van der Waals surface area contributed by atoms with Crippen molar-refractivity contribution in [3.8, 4) is 0 Å². The SMILES string of the molecule is CC(=O)Nc1ccc(NC(=O)CCCN(c2ccc(C)c(C)c2)S(C)(=O)=O)cc1. The van der Waals surface area contributed by atoms with Crippen LogP contribution in [0.5, 0.6) is 0 Å². The highest BCUT2D eigenvalue weighted by molar-refractivity contribution is 7.92. The lowest BCUT2D eigenvalue weighted by atomic mass is 10.1. The second kappa shape index (κ2) is 9.56. The fraction of sp³-hybridized carbons (Fsp3) is 0.333. The summed E-state index contributed by atoms with van der Waals surface area (Å²) in [6.07, 6.45) is 1.74. The van der Waals surface area contributed by atoms with Crippen molar-refractivity contribution in [2.24, 2.45) is 0 Å². The van der Waals surface area contributed by atoms with Gasteiger partial charge in [0.15, 0.2) is 0 Å². The molecule has 7 nitrogen and oxygen atoms in total. The van der Waals surface area contributed by atoms with Gasteiger partial charge in [0.2, 0.25) is 21.8 Å². The van der Waals surface area contributed by atoms with Gasteiger partial charge in [0.25, 0.3) is 0 Å². The normalized spacial score (nSPS) is 11.0. The summed E-state index contributed by atoms with van der Waals surface area (Å²) in [7, 11) is -3.45. The van der Waals surface area contributed by atoms with Crippen LogP contribution in [0.2, 0.25) is 0 Å². The van der Waals surface area contributed by atoms with Gasteiger partial charge >= 0.3 is 0 Å². The number of rotatable bonds is 8. The minimum atomic E-state index is -3.45. The second-order valence-corrected chi connectivity index (χ2v) is 8.92. The molecule has 29 heavy (non-hydrogen) atoms. The Morgan fingerprint density at radius 3 is 2.03 bits per heavy atom. The van der Waals surface area contributed by atoms with Crippen molar-refractivity contribution in [2.45, 2.75) is 33.6 Å². The lowest BCUT2D eigenvalue weighted by molar-refractivity contribution is -0.116. The van der Waals surface area contributed by atoms with Crippen LogP contribution >= 0.6 is 0 Å². The number of anilines is 3. The van der Waals surface area contributed by atoms with Crippen LogP contribution in [-0.4, -0.2) is 33.0 Å². The molecule has 0 saturated carbocycles. The van der Waals surface area contributed by atoms with Crippen LogP contribution in [0.3, 0.4) is 0 Å². The number of nitrogens with one attached hydrogen (secondary N) is 2. The first-order valence-electron chi connectivity index (χ1n) is 9.29. The first-order chi connectivity index (χ1) is 13.6. The number of carbonyl (C=O) groups is 2. The number of sulfonamides is 1. The highest BCUT2D eigenvalue weighted by Crippen LogP contribution is 2.22. The summed E-state index contributed by atoms with van der Waals surface area (Å²) in [5, 5.41) is 5.43. The van der Waals surface area contributed by atoms with Crippen molar-refractivity contribution in [1.82, 2.24) is 0 Å². The lowest BCUT2D eigenvalue weighted by Crippen LogP contribution is -2.31. The predicted octanol–water partition coefficient (Wildman–Crippen LogP) is 3.45. The second-order valence-electron chi connectivity index (χ2n) is 7.01. The van der Waals surface area contributed by atoms with Gasteiger partial charge in [-0.3, -0.25) is 13.9 Å². The number of aryl methyl sites for hydroxylation is 2. The van der Waals surface area contributed by atoms with E-state index in [1.54, 1.807) is 30.3 Å². The molecule has 2 amide bonds. The molecule has 0 aliphatic heterocycles. The lowest BCUT2D eigenvalue weighted by Gasteiger charge is -2.23. The quantitative estimate of drug-likeness (QED) is 0.688. The van der Waals surface area contributed by atoms with Crippen molar-refractivity contribution in [3.05, 3.63) is 53.6 Å². The molecule has 2 aromatic rings. The van der Waals surface area contributed by atoms with E-state index in [0.717, 1.165) is 11.1 Å². The minimum absolute atomic E-state index is 0.166. The molecule has 0 bridgehead atoms. The molecule has 2 N–H and O–H groups in total. The average molecular weight is 418 g/mol. The highest BCUT2D eigenvalue weighted by atomic mass is 32.2. The molecular formula is C21H27N3O4S. The van der Waals surface area contributed by atoms with Gasteiger partial charge in [-0.2, -0.15) is 0 Å². The summed E-state index contributed by atoms with van der Waals surface area (Å²) >= 11 is 0. The fourth-order valence-corrected chi connectivity index (χ4v) is 3.77. The maximum absolute atomic E-state index is 12.2. The standard InChI is InChI=1S/C21H27N3O4S/c1-15-7-12-20(14-16(15)2)24(29(4,27)28)13-5-6-21(26)23-19-10-8-18(9-11-19)22-17(3)25/h7-12,14H,5-6,13H2,1-4H3,(H,22,25)(H,23,26). The van der Waals surface area contributed by atoms with Crippen LogP contribution in [0.15, 0.2) is 42.5 Å². The Morgan fingerprint density at radius 2 is 1.52 bits per heavy atom. The molecule has 0 heterocycles. The maximum Gasteiger partial charge on any atom is 0.232 e. The molecule has 0 radical (unpaired) electrons. The van der Waals surface area contributed by atoms with Gasteiger partial charge in [0.1, 0.15) is 0 Å². The van der Waals surface area contributed by atoms with Crippen LogP contribution in [0.1, 0.15) is 30.9 Å². The maximum atomic E-state index is 12.2. The van der Waals surface area contributed by atoms with E-state index in [1.165, 1.54) is 17.5 Å². The van der Waals surface area contributed by atoms with E-state index in [-0.39, 0.29) is 24.8 Å². The van der Waals surface area contributed by atoms with E-state index in [0.29, 0.717) is 23.5 Å². The molecule has 2 aromatic carbocycles. The molecule has 0 fully saturated rings. The van der Waals surface area contributed by atoms with Crippen LogP contribution in [-0.2, 0) is 19.6 Å². The van der Waals surface area contributed by atoms with Crippen LogP contribution < -0.4 is 14.9 Å². The molecule has 8 heteroatoms. The zero-order valence-electron chi connectivity index (χ0n) is 17.2. The van der Waals surface area contributed by atoms with Crippen LogP contribution in [0, 0.1) is 13.8 Å². The van der Waals surface area contributed by atoms with E-state index < -0.39 is 10.0 Å². The van der Waals surface area contributed by atoms with E-state index in [4.69, 9.17) is 0 Å². The van der Waals surface area contributed by atoms with E-state index in [1.807, 2.05) is 26.0 Å². The van der Waals surface area contributed by atoms with Gasteiger partial charge in [0.05, 0.1) is 11.9 Å². The van der Waals surface area contributed by atoms with Crippen molar-refractivity contribution in [1.29, 1.82) is 0 Å². The number of benzene rings is 2. The Kier molecular flexibility index (Phi) is 7.39. The Morgan fingerprint density at radius 1 is 0.931 bits per heavy atom. The highest BCUT2D eigenvalue weighted by Gasteiger charge is 2.18. The van der Waals surface area contributed by atoms with E-state index in [9.17, 15) is 18.0 Å². The third kappa shape index (κ3) is 6.90. The predicted molar refractivity (Wildman–Crippen MR) is 117 cm³/mol. The fourth-order valence-electron chi connectivity index (χ4n) is 2.81. The smallest absolute Gasteiger partial charge is 0.232 e. The van der Waals surface area contributed by atoms with E-state index >= 15 is 0 Å². The topological polar surface area (TPSA) is 95.6 Å². The largest absolute Gasteiger partial charge is 0.326 e. The summed E-state index contributed by atoms with van der Waals surface area (Å²) in [5.41, 5.74) is 3.96. The van der Waals surface area contributed by atoms with Crippen molar-refractivity contribution in [3.63, 3.8) is 0 Å². The summed E-state index contributed by atoms with van der Waals surface area (Å²) in [6, 6.07) is 12.3. The number of nitrogens with zero attached hydrogens (tertiary/aromatic N) is 1. The molecule has 156 valence electrons. The Balaban J connectivity index is 1.94. The van der Waals surface area contributed by atoms with Crippen molar-refractivity contribution >= 4 is 38.9 Å². The minimum Gasteiger partial charge on any atom is -0.326 e. The molecule has 0 spiro atoms. The van der Waals surface area contributed by atoms with Gasteiger partial charge in [0, 0.05) is 31.3 Å². The molecule has 0 atom stereocenters. The van der Waals surface area contributed by atoms with Gasteiger partial charge < -0.3 is 10.6 Å². The first-order valence-corrected chi connectivity index (χ1v) is 11.1. The summed E-state index contributed by atoms with van der Waals surface area (Å²) in [6.45, 7) is 5.55. The van der Waals surface area contributed by atoms with Gasteiger partial charge in [-0.25, -0.2) is 8.42 Å². The third-order valence-electron chi connectivity index (χ3n) is 4.43. The third-order valence-corrected chi connectivity index (χ3v) is 5.63. The molecule has 0 saturated heterocycles. The zero-order valence-corrected chi connectivity index (χ0v) is 18.0. The molecule has 0 unspecified atom stereocenters. The number of hydrogen-bond acceptors (Lipinski definition) is 4. The van der Waals surface area contributed by atoms with Crippen molar-refractivity contribution in [2.75, 3.05) is 27.7 Å². The summed E-state index contributed by atoms with van der Waals surface area (Å²) < 4.78 is 25.7. The number of carbonyl (C=O) groups excluding carboxylic acids is 2. The van der Waals surface area contributed by atoms with Crippen LogP contribution in [0.25, 0.3) is 0 Å². The number of amides is 2. The monoisotopic (exact) mass is 417 g/mol. The van der Waals surface area contributed by atoms with Crippen LogP contribution in [0.4, 0.5) is 17.1 Å². The molecule has 0 aromatic heterocycles. The summed E-state index contributed by atoms with van der Waals surface area (Å²) in [5.74, 6) is -0.369. The molecule has 2 rings (SSSR count). The van der Waals surface area contributed by atoms with Gasteiger partial charge in [-0.15, -0.1) is 0 Å². The van der Waals surface area contributed by atoms with E-state index in [2.05, 4.69) is 10.6 Å². The van der Waals surface area contributed by atoms with Crippen molar-refractivity contribution < 1.29 is 18.0 Å². The Hall–Kier alpha value is -2.87. The zero-order chi connectivity index (χ0) is 21.6. The Bertz CT molecular complexity index is 985. The van der Waals surface area contributed by atoms with Gasteiger partial charge in [-0.05, 0) is 67.8 Å². The molecule has 0 aliphatic rings. The first kappa shape index (κ1) is 22.4. The number of hydrogen-bond donors (Lipinski definition) is 2. The summed E-state index contributed by atoms with van der Waals surface area (Å²) in [4.78, 5) is 23.2. The Labute approximate surface area is 172 Å². The molecule has 0 aliphatic carbocycles. The average Bonchev–Trinajstić information content (AvgIpc) is 2.61. The van der Waals surface area contributed by atoms with Gasteiger partial charge in [-0.1, -0.05) is 6.07 Å². The molecular weight excluding hydrogens is 390 g/mol.